The van der Waals surface area contributed by atoms with E-state index in [-0.39, 0.29) is 0 Å². The second-order valence-corrected chi connectivity index (χ2v) is 16.6. The normalized spacial score (nSPS) is 12.2. The van der Waals surface area contributed by atoms with Gasteiger partial charge in [0, 0.05) is 7.59 Å². The summed E-state index contributed by atoms with van der Waals surface area (Å²) in [5.74, 6) is 0. The van der Waals surface area contributed by atoms with Crippen LogP contribution in [0.15, 0.2) is 0 Å². The van der Waals surface area contributed by atoms with Gasteiger partial charge in [0.15, 0.2) is 0 Å². The lowest BCUT2D eigenvalue weighted by molar-refractivity contribution is 0.806. The molecule has 0 aliphatic rings. The molecule has 0 unspecified atom stereocenters. The van der Waals surface area contributed by atoms with Crippen LogP contribution in [0.2, 0.25) is 18.1 Å². The zero-order valence-electron chi connectivity index (χ0n) is 10.9. The molecule has 0 atom stereocenters. The molecule has 0 spiro atoms. The Hall–Kier alpha value is 0.434. The van der Waals surface area contributed by atoms with Crippen molar-refractivity contribution in [2.75, 3.05) is 0 Å². The Balaban J connectivity index is 3.89. The average Bonchev–Trinajstić information content (AvgIpc) is 2.21. The van der Waals surface area contributed by atoms with Crippen molar-refractivity contribution in [2.24, 2.45) is 0 Å². The molecular weight excluding hydrogens is 200 g/mol. The van der Waals surface area contributed by atoms with Gasteiger partial charge in [-0.3, -0.25) is 0 Å². The smallest absolute Gasteiger partial charge is 0.0362 e. The molecule has 0 aromatic carbocycles. The Kier molecular flexibility index (Phi) is 8.99. The van der Waals surface area contributed by atoms with Gasteiger partial charge in [-0.2, -0.15) is 0 Å². The summed E-state index contributed by atoms with van der Waals surface area (Å²) >= 11 is 0. The Bertz CT molecular complexity index is 102. The zero-order valence-corrected chi connectivity index (χ0v) is 13.9. The summed E-state index contributed by atoms with van der Waals surface area (Å²) in [6.07, 6.45) is 8.79. The summed E-state index contributed by atoms with van der Waals surface area (Å²) in [5, 5.41) is 0. The fourth-order valence-corrected chi connectivity index (χ4v) is 9.74. The molecule has 0 nitrogen and oxygen atoms in total. The van der Waals surface area contributed by atoms with E-state index in [1.54, 1.807) is 27.9 Å². The molecule has 0 aromatic rings. The summed E-state index contributed by atoms with van der Waals surface area (Å²) in [7, 11) is 0.877. The first-order valence-electron chi connectivity index (χ1n) is 6.68. The Morgan fingerprint density at radius 2 is 1.00 bits per heavy atom. The van der Waals surface area contributed by atoms with Gasteiger partial charge < -0.3 is 0 Å². The number of hydrogen-bond acceptors (Lipinski definition) is 0. The first kappa shape index (κ1) is 14.4. The Morgan fingerprint density at radius 3 is 1.21 bits per heavy atom. The molecule has 0 radical (unpaired) electrons. The maximum atomic E-state index is 2.34. The van der Waals surface area contributed by atoms with Gasteiger partial charge in [-0.1, -0.05) is 77.4 Å². The largest absolute Gasteiger partial charge is 0.0654 e. The highest BCUT2D eigenvalue weighted by Crippen LogP contribution is 2.24. The number of rotatable bonds is 9. The Labute approximate surface area is 95.1 Å². The van der Waals surface area contributed by atoms with Crippen molar-refractivity contribution in [2.45, 2.75) is 77.4 Å². The monoisotopic (exact) mass is 230 g/mol. The van der Waals surface area contributed by atoms with Crippen LogP contribution < -0.4 is 0 Å². The van der Waals surface area contributed by atoms with Crippen LogP contribution in [0.5, 0.6) is 0 Å². The average molecular weight is 231 g/mol. The van der Waals surface area contributed by atoms with Crippen LogP contribution in [0.25, 0.3) is 0 Å². The SMILES string of the molecule is CCCC[Si]([SiH3])(CCCC)CCCC. The minimum absolute atomic E-state index is 0.673. The molecule has 0 bridgehead atoms. The molecule has 0 aromatic heterocycles. The van der Waals surface area contributed by atoms with Gasteiger partial charge in [-0.15, -0.1) is 0 Å². The lowest BCUT2D eigenvalue weighted by Gasteiger charge is -2.27. The Morgan fingerprint density at radius 1 is 0.714 bits per heavy atom. The van der Waals surface area contributed by atoms with Crippen molar-refractivity contribution in [3.05, 3.63) is 0 Å². The van der Waals surface area contributed by atoms with Crippen molar-refractivity contribution in [3.63, 3.8) is 0 Å². The predicted molar refractivity (Wildman–Crippen MR) is 74.8 cm³/mol. The molecule has 0 aliphatic carbocycles. The van der Waals surface area contributed by atoms with Gasteiger partial charge in [0.05, 0.1) is 0 Å². The molecule has 0 N–H and O–H groups in total. The summed E-state index contributed by atoms with van der Waals surface area (Å²) < 4.78 is 0. The second kappa shape index (κ2) is 8.72. The van der Waals surface area contributed by atoms with Gasteiger partial charge in [0.25, 0.3) is 0 Å². The molecule has 0 fully saturated rings. The standard InChI is InChI=1S/C12H30Si2/c1-4-7-10-14(13,11-8-5-2)12-9-6-3/h4-12H2,1-3,13H3. The third-order valence-electron chi connectivity index (χ3n) is 3.40. The first-order valence-corrected chi connectivity index (χ1v) is 12.8. The highest BCUT2D eigenvalue weighted by molar-refractivity contribution is 7.17. The minimum Gasteiger partial charge on any atom is -0.0654 e. The van der Waals surface area contributed by atoms with Gasteiger partial charge in [-0.05, 0) is 9.76 Å². The van der Waals surface area contributed by atoms with E-state index in [4.69, 9.17) is 0 Å². The maximum absolute atomic E-state index is 2.34. The van der Waals surface area contributed by atoms with E-state index >= 15 is 0 Å². The molecule has 0 amide bonds. The molecule has 14 heavy (non-hydrogen) atoms. The van der Waals surface area contributed by atoms with Crippen LogP contribution >= 0.6 is 0 Å². The van der Waals surface area contributed by atoms with Gasteiger partial charge in [0.1, 0.15) is 0 Å². The topological polar surface area (TPSA) is 0 Å². The third kappa shape index (κ3) is 6.82. The van der Waals surface area contributed by atoms with Gasteiger partial charge in [0.2, 0.25) is 0 Å². The fourth-order valence-electron chi connectivity index (χ4n) is 2.19. The van der Waals surface area contributed by atoms with Crippen molar-refractivity contribution < 1.29 is 0 Å². The van der Waals surface area contributed by atoms with Gasteiger partial charge in [-0.25, -0.2) is 0 Å². The van der Waals surface area contributed by atoms with Crippen LogP contribution in [0.1, 0.15) is 59.3 Å². The summed E-state index contributed by atoms with van der Waals surface area (Å²) in [5.41, 5.74) is 0. The van der Waals surface area contributed by atoms with E-state index in [2.05, 4.69) is 20.8 Å². The lowest BCUT2D eigenvalue weighted by atomic mass is 10.4. The number of hydrogen-bond donors (Lipinski definition) is 0. The van der Waals surface area contributed by atoms with Crippen molar-refractivity contribution in [3.8, 4) is 0 Å². The van der Waals surface area contributed by atoms with E-state index in [9.17, 15) is 0 Å². The molecule has 86 valence electrons. The van der Waals surface area contributed by atoms with E-state index in [0.29, 0.717) is 0 Å². The molecule has 2 heteroatoms. The van der Waals surface area contributed by atoms with Crippen LogP contribution in [0, 0.1) is 0 Å². The lowest BCUT2D eigenvalue weighted by Crippen LogP contribution is -2.34. The molecule has 0 aliphatic heterocycles. The minimum atomic E-state index is -0.673. The van der Waals surface area contributed by atoms with E-state index in [0.717, 1.165) is 0 Å². The van der Waals surface area contributed by atoms with Gasteiger partial charge >= 0.3 is 0 Å². The molecule has 0 rings (SSSR count). The van der Waals surface area contributed by atoms with E-state index in [1.165, 1.54) is 38.5 Å². The van der Waals surface area contributed by atoms with Crippen molar-refractivity contribution >= 4 is 17.4 Å². The predicted octanol–water partition coefficient (Wildman–Crippen LogP) is 3.70. The van der Waals surface area contributed by atoms with Crippen LogP contribution in [0.4, 0.5) is 0 Å². The van der Waals surface area contributed by atoms with Crippen LogP contribution in [0.3, 0.4) is 0 Å². The molecule has 0 saturated heterocycles. The first-order chi connectivity index (χ1) is 6.68. The highest BCUT2D eigenvalue weighted by Gasteiger charge is 2.24. The maximum Gasteiger partial charge on any atom is 0.0362 e. The fraction of sp³-hybridized carbons (Fsp3) is 1.00. The van der Waals surface area contributed by atoms with E-state index in [1.807, 2.05) is 0 Å². The van der Waals surface area contributed by atoms with Crippen molar-refractivity contribution in [1.29, 1.82) is 0 Å². The quantitative estimate of drug-likeness (QED) is 0.530. The summed E-state index contributed by atoms with van der Waals surface area (Å²) in [6.45, 7) is 7.03. The molecular formula is C12H30Si2. The molecule has 0 heterocycles. The van der Waals surface area contributed by atoms with Crippen LogP contribution in [-0.2, 0) is 0 Å². The zero-order chi connectivity index (χ0) is 10.9. The van der Waals surface area contributed by atoms with E-state index < -0.39 is 7.59 Å². The summed E-state index contributed by atoms with van der Waals surface area (Å²) in [6, 6.07) is 4.95. The number of unbranched alkanes of at least 4 members (excludes halogenated alkanes) is 3. The third-order valence-corrected chi connectivity index (χ3v) is 12.6. The molecule has 0 saturated carbocycles. The highest BCUT2D eigenvalue weighted by atomic mass is 29.2. The van der Waals surface area contributed by atoms with Crippen LogP contribution in [-0.4, -0.2) is 17.4 Å². The summed E-state index contributed by atoms with van der Waals surface area (Å²) in [4.78, 5) is 0. The van der Waals surface area contributed by atoms with Crippen molar-refractivity contribution in [1.82, 2.24) is 0 Å². The second-order valence-electron chi connectivity index (χ2n) is 5.12.